The quantitative estimate of drug-likeness (QED) is 0.849. The lowest BCUT2D eigenvalue weighted by Crippen LogP contribution is -2.38. The van der Waals surface area contributed by atoms with Gasteiger partial charge in [0.1, 0.15) is 11.6 Å². The molecule has 22 heavy (non-hydrogen) atoms. The van der Waals surface area contributed by atoms with E-state index in [1.54, 1.807) is 0 Å². The molecule has 2 aromatic heterocycles. The second kappa shape index (κ2) is 7.01. The van der Waals surface area contributed by atoms with Crippen molar-refractivity contribution in [2.75, 3.05) is 19.6 Å². The first-order valence-corrected chi connectivity index (χ1v) is 8.21. The first-order chi connectivity index (χ1) is 10.7. The summed E-state index contributed by atoms with van der Waals surface area (Å²) in [5.74, 6) is 2.58. The molecule has 3 rings (SSSR count). The molecule has 0 spiro atoms. The summed E-state index contributed by atoms with van der Waals surface area (Å²) < 4.78 is 2.07. The van der Waals surface area contributed by atoms with E-state index in [1.165, 1.54) is 25.1 Å². The van der Waals surface area contributed by atoms with Crippen LogP contribution in [0.2, 0.25) is 0 Å². The minimum atomic E-state index is 0.678. The number of hydrogen-bond donors (Lipinski definition) is 0. The largest absolute Gasteiger partial charge is 0.303 e. The Morgan fingerprint density at radius 3 is 2.91 bits per heavy atom. The van der Waals surface area contributed by atoms with Crippen molar-refractivity contribution in [3.8, 4) is 0 Å². The van der Waals surface area contributed by atoms with E-state index < -0.39 is 0 Å². The van der Waals surface area contributed by atoms with Gasteiger partial charge in [0.05, 0.1) is 0 Å². The van der Waals surface area contributed by atoms with Crippen molar-refractivity contribution < 1.29 is 0 Å². The van der Waals surface area contributed by atoms with Crippen LogP contribution >= 0.6 is 0 Å². The predicted octanol–water partition coefficient (Wildman–Crippen LogP) is 2.24. The van der Waals surface area contributed by atoms with E-state index in [0.717, 1.165) is 37.7 Å². The fourth-order valence-electron chi connectivity index (χ4n) is 3.30. The summed E-state index contributed by atoms with van der Waals surface area (Å²) in [5.41, 5.74) is 1.19. The van der Waals surface area contributed by atoms with Crippen LogP contribution in [0.4, 0.5) is 0 Å². The Morgan fingerprint density at radius 2 is 2.18 bits per heavy atom. The monoisotopic (exact) mass is 299 g/mol. The topological polar surface area (TPSA) is 46.8 Å². The molecule has 0 saturated carbocycles. The van der Waals surface area contributed by atoms with Crippen molar-refractivity contribution in [1.82, 2.24) is 24.6 Å². The molecule has 2 aromatic rings. The van der Waals surface area contributed by atoms with Gasteiger partial charge in [0.25, 0.3) is 0 Å². The highest BCUT2D eigenvalue weighted by molar-refractivity contribution is 5.03. The summed E-state index contributed by atoms with van der Waals surface area (Å²) >= 11 is 0. The van der Waals surface area contributed by atoms with Crippen LogP contribution in [0.1, 0.15) is 30.2 Å². The van der Waals surface area contributed by atoms with E-state index >= 15 is 0 Å². The average Bonchev–Trinajstić information content (AvgIpc) is 2.84. The highest BCUT2D eigenvalue weighted by atomic mass is 15.3. The summed E-state index contributed by atoms with van der Waals surface area (Å²) in [6.07, 6.45) is 5.48. The van der Waals surface area contributed by atoms with Crippen LogP contribution in [0, 0.1) is 19.8 Å². The first kappa shape index (κ1) is 15.2. The molecular formula is C17H25N5. The van der Waals surface area contributed by atoms with Crippen molar-refractivity contribution in [3.05, 3.63) is 41.7 Å². The summed E-state index contributed by atoms with van der Waals surface area (Å²) in [6, 6.07) is 6.16. The van der Waals surface area contributed by atoms with Gasteiger partial charge in [0.15, 0.2) is 0 Å². The number of nitrogens with zero attached hydrogens (tertiary/aromatic N) is 5. The van der Waals surface area contributed by atoms with Crippen molar-refractivity contribution >= 4 is 0 Å². The van der Waals surface area contributed by atoms with Crippen molar-refractivity contribution in [3.63, 3.8) is 0 Å². The normalized spacial score (nSPS) is 19.5. The standard InChI is InChI=1S/C17H25N5/c1-14-19-15(2)22(20-14)13-16-6-5-10-21(12-16)11-8-17-7-3-4-9-18-17/h3-4,7,9,16H,5-6,8,10-13H2,1-2H3/t16-/m0/s1. The van der Waals surface area contributed by atoms with Crippen LogP contribution in [0.3, 0.4) is 0 Å². The second-order valence-corrected chi connectivity index (χ2v) is 6.27. The molecule has 3 heterocycles. The maximum atomic E-state index is 4.50. The van der Waals surface area contributed by atoms with E-state index in [2.05, 4.69) is 36.8 Å². The third-order valence-corrected chi connectivity index (χ3v) is 4.41. The van der Waals surface area contributed by atoms with Gasteiger partial charge >= 0.3 is 0 Å². The Morgan fingerprint density at radius 1 is 1.27 bits per heavy atom. The number of hydrogen-bond acceptors (Lipinski definition) is 4. The Kier molecular flexibility index (Phi) is 4.83. The summed E-state index contributed by atoms with van der Waals surface area (Å²) in [7, 11) is 0. The van der Waals surface area contributed by atoms with Gasteiger partial charge in [-0.15, -0.1) is 0 Å². The van der Waals surface area contributed by atoms with Gasteiger partial charge in [-0.3, -0.25) is 4.98 Å². The van der Waals surface area contributed by atoms with E-state index in [-0.39, 0.29) is 0 Å². The number of pyridine rings is 1. The molecule has 5 nitrogen and oxygen atoms in total. The van der Waals surface area contributed by atoms with Crippen molar-refractivity contribution in [1.29, 1.82) is 0 Å². The van der Waals surface area contributed by atoms with Crippen LogP contribution in [0.15, 0.2) is 24.4 Å². The predicted molar refractivity (Wildman–Crippen MR) is 86.6 cm³/mol. The zero-order valence-electron chi connectivity index (χ0n) is 13.6. The highest BCUT2D eigenvalue weighted by Crippen LogP contribution is 2.19. The van der Waals surface area contributed by atoms with Gasteiger partial charge in [-0.2, -0.15) is 5.10 Å². The Hall–Kier alpha value is -1.75. The summed E-state index contributed by atoms with van der Waals surface area (Å²) in [4.78, 5) is 11.4. The van der Waals surface area contributed by atoms with Crippen LogP contribution in [-0.4, -0.2) is 44.3 Å². The highest BCUT2D eigenvalue weighted by Gasteiger charge is 2.21. The zero-order valence-corrected chi connectivity index (χ0v) is 13.6. The molecular weight excluding hydrogens is 274 g/mol. The maximum Gasteiger partial charge on any atom is 0.147 e. The van der Waals surface area contributed by atoms with Crippen molar-refractivity contribution in [2.45, 2.75) is 39.7 Å². The van der Waals surface area contributed by atoms with Gasteiger partial charge in [0, 0.05) is 37.9 Å². The zero-order chi connectivity index (χ0) is 15.4. The minimum absolute atomic E-state index is 0.678. The minimum Gasteiger partial charge on any atom is -0.303 e. The van der Waals surface area contributed by atoms with Crippen LogP contribution < -0.4 is 0 Å². The second-order valence-electron chi connectivity index (χ2n) is 6.27. The number of aryl methyl sites for hydroxylation is 2. The molecule has 1 aliphatic heterocycles. The molecule has 0 aliphatic carbocycles. The number of piperidine rings is 1. The van der Waals surface area contributed by atoms with E-state index in [4.69, 9.17) is 0 Å². The van der Waals surface area contributed by atoms with Crippen LogP contribution in [0.25, 0.3) is 0 Å². The molecule has 0 aromatic carbocycles. The fraction of sp³-hybridized carbons (Fsp3) is 0.588. The Bertz CT molecular complexity index is 592. The molecule has 0 bridgehead atoms. The van der Waals surface area contributed by atoms with Gasteiger partial charge in [-0.1, -0.05) is 6.07 Å². The molecule has 1 saturated heterocycles. The molecule has 1 aliphatic rings. The lowest BCUT2D eigenvalue weighted by Gasteiger charge is -2.32. The Labute approximate surface area is 132 Å². The van der Waals surface area contributed by atoms with Gasteiger partial charge in [-0.25, -0.2) is 9.67 Å². The summed E-state index contributed by atoms with van der Waals surface area (Å²) in [5, 5.41) is 4.50. The molecule has 118 valence electrons. The van der Waals surface area contributed by atoms with E-state index in [1.807, 2.05) is 26.1 Å². The maximum absolute atomic E-state index is 4.50. The molecule has 1 fully saturated rings. The lowest BCUT2D eigenvalue weighted by molar-refractivity contribution is 0.160. The number of likely N-dealkylation sites (tertiary alicyclic amines) is 1. The molecule has 5 heteroatoms. The average molecular weight is 299 g/mol. The molecule has 0 N–H and O–H groups in total. The molecule has 0 unspecified atom stereocenters. The van der Waals surface area contributed by atoms with Gasteiger partial charge in [-0.05, 0) is 51.3 Å². The number of aromatic nitrogens is 4. The van der Waals surface area contributed by atoms with E-state index in [9.17, 15) is 0 Å². The third-order valence-electron chi connectivity index (χ3n) is 4.41. The Balaban J connectivity index is 1.52. The first-order valence-electron chi connectivity index (χ1n) is 8.21. The van der Waals surface area contributed by atoms with Crippen LogP contribution in [0.5, 0.6) is 0 Å². The fourth-order valence-corrected chi connectivity index (χ4v) is 3.30. The molecule has 0 radical (unpaired) electrons. The SMILES string of the molecule is Cc1nc(C)n(C[C@H]2CCCN(CCc3ccccn3)C2)n1. The van der Waals surface area contributed by atoms with Gasteiger partial charge in [0.2, 0.25) is 0 Å². The smallest absolute Gasteiger partial charge is 0.147 e. The van der Waals surface area contributed by atoms with Crippen LogP contribution in [-0.2, 0) is 13.0 Å². The summed E-state index contributed by atoms with van der Waals surface area (Å²) in [6.45, 7) is 8.46. The number of rotatable bonds is 5. The van der Waals surface area contributed by atoms with Crippen molar-refractivity contribution in [2.24, 2.45) is 5.92 Å². The molecule has 1 atom stereocenters. The lowest BCUT2D eigenvalue weighted by atomic mass is 9.98. The molecule has 0 amide bonds. The third kappa shape index (κ3) is 3.91. The van der Waals surface area contributed by atoms with E-state index in [0.29, 0.717) is 5.92 Å². The van der Waals surface area contributed by atoms with Gasteiger partial charge < -0.3 is 4.90 Å².